The second kappa shape index (κ2) is 2.58. The Labute approximate surface area is 77.2 Å². The van der Waals surface area contributed by atoms with E-state index in [1.165, 1.54) is 12.1 Å². The molecule has 1 aromatic heterocycles. The van der Waals surface area contributed by atoms with Crippen LogP contribution in [0.15, 0.2) is 12.5 Å². The van der Waals surface area contributed by atoms with Gasteiger partial charge in [-0.05, 0) is 31.1 Å². The van der Waals surface area contributed by atoms with Crippen molar-refractivity contribution in [1.29, 1.82) is 0 Å². The predicted octanol–water partition coefficient (Wildman–Crippen LogP) is 1.28. The number of aromatic amines is 1. The second-order valence-electron chi connectivity index (χ2n) is 4.41. The van der Waals surface area contributed by atoms with Crippen LogP contribution in [-0.4, -0.2) is 21.2 Å². The Kier molecular flexibility index (Phi) is 1.50. The molecule has 2 bridgehead atoms. The lowest BCUT2D eigenvalue weighted by Crippen LogP contribution is -2.20. The minimum absolute atomic E-state index is 0.0239. The number of H-pyrrole nitrogens is 1. The van der Waals surface area contributed by atoms with Crippen LogP contribution in [0.3, 0.4) is 0 Å². The molecule has 1 heterocycles. The van der Waals surface area contributed by atoms with Gasteiger partial charge in [-0.2, -0.15) is 0 Å². The van der Waals surface area contributed by atoms with Gasteiger partial charge in [-0.3, -0.25) is 0 Å². The van der Waals surface area contributed by atoms with Crippen molar-refractivity contribution in [2.45, 2.75) is 31.3 Å². The fourth-order valence-corrected chi connectivity index (χ4v) is 3.10. The van der Waals surface area contributed by atoms with E-state index < -0.39 is 0 Å². The lowest BCUT2D eigenvalue weighted by atomic mass is 9.85. The highest BCUT2D eigenvalue weighted by Gasteiger charge is 2.45. The normalized spacial score (nSPS) is 42.8. The molecule has 13 heavy (non-hydrogen) atoms. The Balaban J connectivity index is 1.84. The molecule has 3 nitrogen and oxygen atoms in total. The number of nitrogens with one attached hydrogen (secondary N) is 1. The standard InChI is InChI=1S/C10H14N2O/c13-10-3-6-1-7(10)2-8(6)9-4-11-5-12-9/h4-8,10,13H,1-3H2,(H,11,12)/t6-,7-,8-,10-/m1/s1. The van der Waals surface area contributed by atoms with Crippen molar-refractivity contribution in [3.05, 3.63) is 18.2 Å². The number of fused-ring (bicyclic) bond motifs is 2. The Morgan fingerprint density at radius 2 is 2.23 bits per heavy atom. The summed E-state index contributed by atoms with van der Waals surface area (Å²) < 4.78 is 0. The number of aliphatic hydroxyl groups excluding tert-OH is 1. The largest absolute Gasteiger partial charge is 0.393 e. The number of hydrogen-bond donors (Lipinski definition) is 2. The quantitative estimate of drug-likeness (QED) is 0.680. The molecule has 0 radical (unpaired) electrons. The maximum atomic E-state index is 9.61. The van der Waals surface area contributed by atoms with Gasteiger partial charge in [0.05, 0.1) is 12.4 Å². The first-order valence-electron chi connectivity index (χ1n) is 5.01. The molecule has 3 heteroatoms. The van der Waals surface area contributed by atoms with Crippen LogP contribution < -0.4 is 0 Å². The molecule has 0 amide bonds. The lowest BCUT2D eigenvalue weighted by Gasteiger charge is -2.23. The minimum atomic E-state index is -0.0239. The monoisotopic (exact) mass is 178 g/mol. The van der Waals surface area contributed by atoms with Crippen LogP contribution in [0.2, 0.25) is 0 Å². The molecule has 0 saturated heterocycles. The van der Waals surface area contributed by atoms with Crippen molar-refractivity contribution in [3.8, 4) is 0 Å². The molecule has 0 spiro atoms. The van der Waals surface area contributed by atoms with E-state index in [1.807, 2.05) is 6.20 Å². The van der Waals surface area contributed by atoms with E-state index >= 15 is 0 Å². The fourth-order valence-electron chi connectivity index (χ4n) is 3.10. The molecule has 70 valence electrons. The molecular weight excluding hydrogens is 164 g/mol. The molecule has 3 rings (SSSR count). The third-order valence-corrected chi connectivity index (χ3v) is 3.74. The average Bonchev–Trinajstić information content (AvgIpc) is 2.75. The molecule has 2 N–H and O–H groups in total. The van der Waals surface area contributed by atoms with Gasteiger partial charge < -0.3 is 10.1 Å². The summed E-state index contributed by atoms with van der Waals surface area (Å²) in [5.41, 5.74) is 1.26. The van der Waals surface area contributed by atoms with Crippen LogP contribution in [0.1, 0.15) is 30.9 Å². The highest BCUT2D eigenvalue weighted by Crippen LogP contribution is 2.52. The summed E-state index contributed by atoms with van der Waals surface area (Å²) in [6.45, 7) is 0. The summed E-state index contributed by atoms with van der Waals surface area (Å²) in [6.07, 6.45) is 7.01. The molecular formula is C10H14N2O. The summed E-state index contributed by atoms with van der Waals surface area (Å²) in [6, 6.07) is 0. The molecule has 2 fully saturated rings. The Morgan fingerprint density at radius 3 is 2.77 bits per heavy atom. The molecule has 2 saturated carbocycles. The zero-order chi connectivity index (χ0) is 8.84. The number of rotatable bonds is 1. The third-order valence-electron chi connectivity index (χ3n) is 3.74. The summed E-state index contributed by atoms with van der Waals surface area (Å²) in [4.78, 5) is 7.24. The van der Waals surface area contributed by atoms with Crippen LogP contribution in [0, 0.1) is 11.8 Å². The molecule has 0 aromatic carbocycles. The Bertz CT molecular complexity index is 294. The van der Waals surface area contributed by atoms with Gasteiger partial charge in [-0.25, -0.2) is 4.98 Å². The van der Waals surface area contributed by atoms with E-state index in [9.17, 15) is 5.11 Å². The summed E-state index contributed by atoms with van der Waals surface area (Å²) in [5, 5.41) is 9.61. The number of nitrogens with zero attached hydrogens (tertiary/aromatic N) is 1. The van der Waals surface area contributed by atoms with Gasteiger partial charge in [0.15, 0.2) is 0 Å². The van der Waals surface area contributed by atoms with Gasteiger partial charge in [0.1, 0.15) is 0 Å². The van der Waals surface area contributed by atoms with Gasteiger partial charge >= 0.3 is 0 Å². The zero-order valence-corrected chi connectivity index (χ0v) is 7.48. The van der Waals surface area contributed by atoms with Crippen molar-refractivity contribution in [1.82, 2.24) is 9.97 Å². The van der Waals surface area contributed by atoms with Crippen LogP contribution in [0.25, 0.3) is 0 Å². The number of imidazole rings is 1. The highest BCUT2D eigenvalue weighted by atomic mass is 16.3. The van der Waals surface area contributed by atoms with Crippen LogP contribution in [0.4, 0.5) is 0 Å². The van der Waals surface area contributed by atoms with Crippen LogP contribution >= 0.6 is 0 Å². The fraction of sp³-hybridized carbons (Fsp3) is 0.700. The van der Waals surface area contributed by atoms with E-state index in [0.717, 1.165) is 12.8 Å². The lowest BCUT2D eigenvalue weighted by molar-refractivity contribution is 0.107. The first kappa shape index (κ1) is 7.56. The van der Waals surface area contributed by atoms with E-state index in [4.69, 9.17) is 0 Å². The predicted molar refractivity (Wildman–Crippen MR) is 48.2 cm³/mol. The molecule has 0 unspecified atom stereocenters. The average molecular weight is 178 g/mol. The number of hydrogen-bond acceptors (Lipinski definition) is 2. The SMILES string of the molecule is O[C@@H]1C[C@H]2C[C@@H]1C[C@H]2c1cnc[nH]1. The Hall–Kier alpha value is -0.830. The molecule has 2 aliphatic carbocycles. The van der Waals surface area contributed by atoms with Crippen molar-refractivity contribution in [3.63, 3.8) is 0 Å². The third kappa shape index (κ3) is 1.03. The van der Waals surface area contributed by atoms with Gasteiger partial charge in [-0.15, -0.1) is 0 Å². The number of aromatic nitrogens is 2. The summed E-state index contributed by atoms with van der Waals surface area (Å²) >= 11 is 0. The molecule has 2 aliphatic rings. The van der Waals surface area contributed by atoms with Gasteiger partial charge in [-0.1, -0.05) is 0 Å². The van der Waals surface area contributed by atoms with Crippen molar-refractivity contribution in [2.24, 2.45) is 11.8 Å². The van der Waals surface area contributed by atoms with E-state index in [2.05, 4.69) is 9.97 Å². The minimum Gasteiger partial charge on any atom is -0.393 e. The highest BCUT2D eigenvalue weighted by molar-refractivity contribution is 5.12. The van der Waals surface area contributed by atoms with Crippen molar-refractivity contribution >= 4 is 0 Å². The topological polar surface area (TPSA) is 48.9 Å². The van der Waals surface area contributed by atoms with Crippen LogP contribution in [0.5, 0.6) is 0 Å². The first-order chi connectivity index (χ1) is 6.34. The smallest absolute Gasteiger partial charge is 0.0921 e. The van der Waals surface area contributed by atoms with Crippen molar-refractivity contribution in [2.75, 3.05) is 0 Å². The first-order valence-corrected chi connectivity index (χ1v) is 5.01. The van der Waals surface area contributed by atoms with E-state index in [0.29, 0.717) is 17.8 Å². The van der Waals surface area contributed by atoms with Gasteiger partial charge in [0.25, 0.3) is 0 Å². The summed E-state index contributed by atoms with van der Waals surface area (Å²) in [5.74, 6) is 1.88. The van der Waals surface area contributed by atoms with Gasteiger partial charge in [0, 0.05) is 17.8 Å². The van der Waals surface area contributed by atoms with Gasteiger partial charge in [0.2, 0.25) is 0 Å². The van der Waals surface area contributed by atoms with E-state index in [1.54, 1.807) is 6.33 Å². The second-order valence-corrected chi connectivity index (χ2v) is 4.41. The number of aliphatic hydroxyl groups is 1. The molecule has 4 atom stereocenters. The molecule has 1 aromatic rings. The summed E-state index contributed by atoms with van der Waals surface area (Å²) in [7, 11) is 0. The maximum Gasteiger partial charge on any atom is 0.0921 e. The van der Waals surface area contributed by atoms with Crippen LogP contribution in [-0.2, 0) is 0 Å². The molecule has 0 aliphatic heterocycles. The van der Waals surface area contributed by atoms with E-state index in [-0.39, 0.29) is 6.10 Å². The zero-order valence-electron chi connectivity index (χ0n) is 7.48. The maximum absolute atomic E-state index is 9.61. The van der Waals surface area contributed by atoms with Crippen molar-refractivity contribution < 1.29 is 5.11 Å². The Morgan fingerprint density at radius 1 is 1.31 bits per heavy atom.